The Morgan fingerprint density at radius 1 is 1.12 bits per heavy atom. The van der Waals surface area contributed by atoms with Gasteiger partial charge in [-0.05, 0) is 37.6 Å². The zero-order valence-corrected chi connectivity index (χ0v) is 15.0. The number of hydrogen-bond acceptors (Lipinski definition) is 6. The predicted molar refractivity (Wildman–Crippen MR) is 95.9 cm³/mol. The maximum Gasteiger partial charge on any atom is 0.289 e. The van der Waals surface area contributed by atoms with Crippen LogP contribution in [0, 0.1) is 0 Å². The molecule has 2 amide bonds. The molecule has 0 aromatic carbocycles. The molecule has 138 valence electrons. The lowest BCUT2D eigenvalue weighted by molar-refractivity contribution is 0.0514. The summed E-state index contributed by atoms with van der Waals surface area (Å²) >= 11 is 0. The summed E-state index contributed by atoms with van der Waals surface area (Å²) in [4.78, 5) is 28.2. The molecule has 1 aliphatic heterocycles. The fourth-order valence-electron chi connectivity index (χ4n) is 2.71. The third-order valence-electron chi connectivity index (χ3n) is 4.48. The van der Waals surface area contributed by atoms with Gasteiger partial charge in [0, 0.05) is 32.2 Å². The summed E-state index contributed by atoms with van der Waals surface area (Å²) in [6.07, 6.45) is 2.45. The Morgan fingerprint density at radius 2 is 1.81 bits per heavy atom. The largest absolute Gasteiger partial charge is 0.459 e. The Hall–Kier alpha value is -2.90. The second-order valence-electron chi connectivity index (χ2n) is 6.32. The predicted octanol–water partition coefficient (Wildman–Crippen LogP) is 1.88. The number of amides is 2. The van der Waals surface area contributed by atoms with E-state index in [1.165, 1.54) is 6.26 Å². The Balaban J connectivity index is 1.55. The zero-order chi connectivity index (χ0) is 18.5. The van der Waals surface area contributed by atoms with Gasteiger partial charge in [-0.3, -0.25) is 9.59 Å². The first-order chi connectivity index (χ1) is 12.6. The van der Waals surface area contributed by atoms with Crippen LogP contribution in [0.5, 0.6) is 0 Å². The monoisotopic (exact) mass is 357 g/mol. The number of anilines is 1. The summed E-state index contributed by atoms with van der Waals surface area (Å²) in [5, 5.41) is 11.3. The lowest BCUT2D eigenvalue weighted by Crippen LogP contribution is -2.50. The van der Waals surface area contributed by atoms with Crippen LogP contribution in [0.25, 0.3) is 0 Å². The van der Waals surface area contributed by atoms with E-state index in [4.69, 9.17) is 4.42 Å². The lowest BCUT2D eigenvalue weighted by atomic mass is 10.2. The average molecular weight is 357 g/mol. The molecule has 1 unspecified atom stereocenters. The number of aromatic nitrogens is 2. The molecular weight excluding hydrogens is 334 g/mol. The van der Waals surface area contributed by atoms with Crippen molar-refractivity contribution in [2.24, 2.45) is 0 Å². The molecule has 3 heterocycles. The first kappa shape index (κ1) is 17.9. The third kappa shape index (κ3) is 4.01. The van der Waals surface area contributed by atoms with E-state index in [2.05, 4.69) is 29.4 Å². The van der Waals surface area contributed by atoms with E-state index in [0.717, 1.165) is 6.42 Å². The topological polar surface area (TPSA) is 91.6 Å². The molecule has 0 aliphatic carbocycles. The van der Waals surface area contributed by atoms with Crippen molar-refractivity contribution in [3.63, 3.8) is 0 Å². The Kier molecular flexibility index (Phi) is 5.50. The highest BCUT2D eigenvalue weighted by molar-refractivity contribution is 5.93. The second-order valence-corrected chi connectivity index (χ2v) is 6.32. The van der Waals surface area contributed by atoms with Crippen LogP contribution in [0.1, 0.15) is 41.3 Å². The maximum absolute atomic E-state index is 12.6. The van der Waals surface area contributed by atoms with Crippen molar-refractivity contribution in [1.82, 2.24) is 20.0 Å². The van der Waals surface area contributed by atoms with Crippen LogP contribution < -0.4 is 5.32 Å². The minimum atomic E-state index is -0.169. The number of rotatable bonds is 5. The van der Waals surface area contributed by atoms with Crippen LogP contribution in [0.15, 0.2) is 34.9 Å². The molecule has 2 aromatic heterocycles. The van der Waals surface area contributed by atoms with E-state index in [-0.39, 0.29) is 11.8 Å². The van der Waals surface area contributed by atoms with Crippen LogP contribution in [0.4, 0.5) is 5.82 Å². The van der Waals surface area contributed by atoms with Crippen molar-refractivity contribution < 1.29 is 14.0 Å². The number of hydrogen-bond donors (Lipinski definition) is 1. The summed E-state index contributed by atoms with van der Waals surface area (Å²) < 4.78 is 5.14. The van der Waals surface area contributed by atoms with Crippen LogP contribution in [0.3, 0.4) is 0 Å². The molecule has 0 bridgehead atoms. The molecule has 8 heteroatoms. The summed E-state index contributed by atoms with van der Waals surface area (Å²) in [7, 11) is 0. The number of carbonyl (C=O) groups is 2. The van der Waals surface area contributed by atoms with Gasteiger partial charge in [0.2, 0.25) is 0 Å². The van der Waals surface area contributed by atoms with Gasteiger partial charge in [0.05, 0.1) is 6.26 Å². The molecule has 8 nitrogen and oxygen atoms in total. The molecule has 0 saturated carbocycles. The van der Waals surface area contributed by atoms with Crippen molar-refractivity contribution >= 4 is 17.6 Å². The first-order valence-electron chi connectivity index (χ1n) is 8.80. The summed E-state index contributed by atoms with van der Waals surface area (Å²) in [5.41, 5.74) is 0.311. The van der Waals surface area contributed by atoms with Gasteiger partial charge in [-0.15, -0.1) is 10.2 Å². The smallest absolute Gasteiger partial charge is 0.289 e. The van der Waals surface area contributed by atoms with Gasteiger partial charge in [-0.2, -0.15) is 0 Å². The highest BCUT2D eigenvalue weighted by atomic mass is 16.3. The quantitative estimate of drug-likeness (QED) is 0.878. The molecule has 3 rings (SSSR count). The Bertz CT molecular complexity index is 737. The van der Waals surface area contributed by atoms with E-state index in [0.29, 0.717) is 49.5 Å². The van der Waals surface area contributed by atoms with Gasteiger partial charge in [-0.25, -0.2) is 0 Å². The molecule has 26 heavy (non-hydrogen) atoms. The molecule has 1 atom stereocenters. The fraction of sp³-hybridized carbons (Fsp3) is 0.444. The number of nitrogens with one attached hydrogen (secondary N) is 1. The van der Waals surface area contributed by atoms with Crippen molar-refractivity contribution in [2.75, 3.05) is 31.5 Å². The molecule has 0 radical (unpaired) electrons. The van der Waals surface area contributed by atoms with Crippen LogP contribution in [-0.2, 0) is 0 Å². The van der Waals surface area contributed by atoms with Gasteiger partial charge in [0.25, 0.3) is 11.8 Å². The van der Waals surface area contributed by atoms with E-state index < -0.39 is 0 Å². The summed E-state index contributed by atoms with van der Waals surface area (Å²) in [6, 6.07) is 7.07. The van der Waals surface area contributed by atoms with Crippen molar-refractivity contribution in [1.29, 1.82) is 0 Å². The summed E-state index contributed by atoms with van der Waals surface area (Å²) in [5.74, 6) is 0.657. The van der Waals surface area contributed by atoms with Gasteiger partial charge in [0.1, 0.15) is 5.82 Å². The number of piperazine rings is 1. The highest BCUT2D eigenvalue weighted by Crippen LogP contribution is 2.12. The normalized spacial score (nSPS) is 15.6. The van der Waals surface area contributed by atoms with Gasteiger partial charge < -0.3 is 19.5 Å². The van der Waals surface area contributed by atoms with Crippen LogP contribution >= 0.6 is 0 Å². The third-order valence-corrected chi connectivity index (χ3v) is 4.48. The van der Waals surface area contributed by atoms with Crippen molar-refractivity contribution in [2.45, 2.75) is 26.3 Å². The summed E-state index contributed by atoms with van der Waals surface area (Å²) in [6.45, 7) is 5.99. The van der Waals surface area contributed by atoms with Gasteiger partial charge in [0.15, 0.2) is 11.5 Å². The zero-order valence-electron chi connectivity index (χ0n) is 15.0. The van der Waals surface area contributed by atoms with E-state index in [9.17, 15) is 9.59 Å². The fourth-order valence-corrected chi connectivity index (χ4v) is 2.71. The van der Waals surface area contributed by atoms with E-state index >= 15 is 0 Å². The molecule has 2 aromatic rings. The maximum atomic E-state index is 12.6. The standard InChI is InChI=1S/C18H23N5O3/c1-3-13(2)19-16-7-6-14(20-21-16)17(24)22-8-10-23(11-9-22)18(25)15-5-4-12-26-15/h4-7,12-13H,3,8-11H2,1-2H3,(H,19,21). The molecule has 0 spiro atoms. The highest BCUT2D eigenvalue weighted by Gasteiger charge is 2.27. The molecule has 1 saturated heterocycles. The lowest BCUT2D eigenvalue weighted by Gasteiger charge is -2.34. The molecule has 1 aliphatic rings. The van der Waals surface area contributed by atoms with Crippen molar-refractivity contribution in [3.8, 4) is 0 Å². The van der Waals surface area contributed by atoms with Gasteiger partial charge >= 0.3 is 0 Å². The molecule has 1 fully saturated rings. The SMILES string of the molecule is CCC(C)Nc1ccc(C(=O)N2CCN(C(=O)c3ccco3)CC2)nn1. The average Bonchev–Trinajstić information content (AvgIpc) is 3.22. The Labute approximate surface area is 152 Å². The van der Waals surface area contributed by atoms with Crippen LogP contribution in [0.2, 0.25) is 0 Å². The number of carbonyl (C=O) groups excluding carboxylic acids is 2. The van der Waals surface area contributed by atoms with Crippen molar-refractivity contribution in [3.05, 3.63) is 42.0 Å². The minimum Gasteiger partial charge on any atom is -0.459 e. The minimum absolute atomic E-state index is 0.151. The van der Waals surface area contributed by atoms with Gasteiger partial charge in [-0.1, -0.05) is 6.92 Å². The number of nitrogens with zero attached hydrogens (tertiary/aromatic N) is 4. The molecule has 1 N–H and O–H groups in total. The van der Waals surface area contributed by atoms with E-state index in [1.807, 2.05) is 0 Å². The van der Waals surface area contributed by atoms with E-state index in [1.54, 1.807) is 34.1 Å². The first-order valence-corrected chi connectivity index (χ1v) is 8.80. The second kappa shape index (κ2) is 7.99. The van der Waals surface area contributed by atoms with Crippen LogP contribution in [-0.4, -0.2) is 64.0 Å². The number of furan rings is 1. The Morgan fingerprint density at radius 3 is 2.35 bits per heavy atom. The molecular formula is C18H23N5O3.